The van der Waals surface area contributed by atoms with E-state index < -0.39 is 30.0 Å². The third-order valence-electron chi connectivity index (χ3n) is 4.11. The molecule has 0 atom stereocenters. The van der Waals surface area contributed by atoms with Gasteiger partial charge in [0.15, 0.2) is 0 Å². The monoisotopic (exact) mass is 390 g/mol. The van der Waals surface area contributed by atoms with Crippen LogP contribution < -0.4 is 0 Å². The van der Waals surface area contributed by atoms with Crippen molar-refractivity contribution in [3.63, 3.8) is 0 Å². The highest BCUT2D eigenvalue weighted by atomic mass is 79.9. The van der Waals surface area contributed by atoms with Gasteiger partial charge in [0.2, 0.25) is 0 Å². The predicted octanol–water partition coefficient (Wildman–Crippen LogP) is 4.67. The Balaban J connectivity index is 2.38. The molecule has 22 heavy (non-hydrogen) atoms. The summed E-state index contributed by atoms with van der Waals surface area (Å²) < 4.78 is 40.1. The molecule has 2 nitrogen and oxygen atoms in total. The van der Waals surface area contributed by atoms with Crippen LogP contribution in [0, 0.1) is 11.6 Å². The van der Waals surface area contributed by atoms with Crippen molar-refractivity contribution in [1.82, 2.24) is 0 Å². The van der Waals surface area contributed by atoms with E-state index in [1.165, 1.54) is 18.2 Å². The minimum absolute atomic E-state index is 0.123. The lowest BCUT2D eigenvalue weighted by Gasteiger charge is -2.32. The lowest BCUT2D eigenvalue weighted by atomic mass is 9.78. The number of rotatable bonds is 3. The molecule has 1 fully saturated rings. The second-order valence-electron chi connectivity index (χ2n) is 6.25. The molecular formula is C15H18BBrF2O2S. The Morgan fingerprint density at radius 3 is 2.05 bits per heavy atom. The quantitative estimate of drug-likeness (QED) is 0.597. The van der Waals surface area contributed by atoms with Gasteiger partial charge in [0.25, 0.3) is 0 Å². The second-order valence-corrected chi connectivity index (χ2v) is 7.48. The van der Waals surface area contributed by atoms with Crippen LogP contribution in [-0.4, -0.2) is 24.1 Å². The average molecular weight is 391 g/mol. The SMILES string of the molecule is CC1(C)OB(C(=Cc2c(F)cc(Br)cc2F)CS)OC1(C)C. The molecule has 0 aromatic heterocycles. The zero-order chi connectivity index (χ0) is 16.7. The minimum atomic E-state index is -0.676. The summed E-state index contributed by atoms with van der Waals surface area (Å²) in [6.07, 6.45) is 1.41. The topological polar surface area (TPSA) is 18.5 Å². The fourth-order valence-electron chi connectivity index (χ4n) is 2.06. The smallest absolute Gasteiger partial charge is 0.400 e. The van der Waals surface area contributed by atoms with Gasteiger partial charge in [-0.05, 0) is 45.3 Å². The van der Waals surface area contributed by atoms with E-state index in [0.29, 0.717) is 9.95 Å². The number of thiol groups is 1. The van der Waals surface area contributed by atoms with Crippen molar-refractivity contribution >= 4 is 41.8 Å². The Morgan fingerprint density at radius 1 is 1.18 bits per heavy atom. The van der Waals surface area contributed by atoms with Crippen molar-refractivity contribution in [2.24, 2.45) is 0 Å². The maximum Gasteiger partial charge on any atom is 0.491 e. The van der Waals surface area contributed by atoms with E-state index in [9.17, 15) is 8.78 Å². The van der Waals surface area contributed by atoms with Gasteiger partial charge in [-0.1, -0.05) is 22.0 Å². The van der Waals surface area contributed by atoms with Crippen LogP contribution in [0.3, 0.4) is 0 Å². The highest BCUT2D eigenvalue weighted by Gasteiger charge is 2.52. The van der Waals surface area contributed by atoms with Crippen LogP contribution in [0.2, 0.25) is 0 Å². The zero-order valence-electron chi connectivity index (χ0n) is 12.9. The predicted molar refractivity (Wildman–Crippen MR) is 92.0 cm³/mol. The Bertz CT molecular complexity index is 581. The van der Waals surface area contributed by atoms with Crippen molar-refractivity contribution in [3.8, 4) is 0 Å². The van der Waals surface area contributed by atoms with Gasteiger partial charge in [0, 0.05) is 15.8 Å². The van der Waals surface area contributed by atoms with E-state index in [2.05, 4.69) is 28.6 Å². The van der Waals surface area contributed by atoms with Crippen molar-refractivity contribution in [2.75, 3.05) is 5.75 Å². The molecule has 1 heterocycles. The van der Waals surface area contributed by atoms with Crippen LogP contribution in [0.25, 0.3) is 6.08 Å². The van der Waals surface area contributed by atoms with Gasteiger partial charge in [-0.25, -0.2) is 8.78 Å². The van der Waals surface area contributed by atoms with Gasteiger partial charge < -0.3 is 9.31 Å². The standard InChI is InChI=1S/C15H18BBrF2O2S/c1-14(2)15(3,4)21-16(20-14)9(8-22)5-11-12(18)6-10(17)7-13(11)19/h5-7,22H,8H2,1-4H3. The fourth-order valence-corrected chi connectivity index (χ4v) is 2.70. The summed E-state index contributed by atoms with van der Waals surface area (Å²) >= 11 is 7.30. The molecule has 1 aliphatic heterocycles. The van der Waals surface area contributed by atoms with E-state index in [1.807, 2.05) is 27.7 Å². The van der Waals surface area contributed by atoms with E-state index in [0.717, 1.165) is 0 Å². The number of hydrogen-bond acceptors (Lipinski definition) is 3. The van der Waals surface area contributed by atoms with Crippen molar-refractivity contribution < 1.29 is 18.1 Å². The van der Waals surface area contributed by atoms with E-state index >= 15 is 0 Å². The van der Waals surface area contributed by atoms with Crippen LogP contribution >= 0.6 is 28.6 Å². The normalized spacial score (nSPS) is 20.5. The first-order chi connectivity index (χ1) is 10.1. The molecule has 0 radical (unpaired) electrons. The largest absolute Gasteiger partial charge is 0.491 e. The van der Waals surface area contributed by atoms with E-state index in [4.69, 9.17) is 9.31 Å². The summed E-state index contributed by atoms with van der Waals surface area (Å²) in [6, 6.07) is 2.44. The number of halogens is 3. The molecule has 1 saturated heterocycles. The van der Waals surface area contributed by atoms with Gasteiger partial charge in [0.05, 0.1) is 11.2 Å². The second kappa shape index (κ2) is 6.26. The molecule has 120 valence electrons. The van der Waals surface area contributed by atoms with Gasteiger partial charge in [-0.15, -0.1) is 0 Å². The summed E-state index contributed by atoms with van der Waals surface area (Å²) in [6.45, 7) is 7.68. The summed E-state index contributed by atoms with van der Waals surface area (Å²) in [4.78, 5) is 0. The van der Waals surface area contributed by atoms with Gasteiger partial charge in [0.1, 0.15) is 11.6 Å². The molecule has 0 amide bonds. The first-order valence-corrected chi connectivity index (χ1v) is 8.31. The summed E-state index contributed by atoms with van der Waals surface area (Å²) in [5, 5.41) is 0. The molecule has 2 rings (SSSR count). The average Bonchev–Trinajstić information content (AvgIpc) is 2.57. The molecule has 0 saturated carbocycles. The third kappa shape index (κ3) is 3.42. The lowest BCUT2D eigenvalue weighted by molar-refractivity contribution is 0.00578. The Labute approximate surface area is 143 Å². The Hall–Kier alpha value is -0.365. The molecule has 0 bridgehead atoms. The molecule has 1 aliphatic rings. The van der Waals surface area contributed by atoms with Gasteiger partial charge >= 0.3 is 7.12 Å². The molecule has 7 heteroatoms. The summed E-state index contributed by atoms with van der Waals surface area (Å²) in [5.41, 5.74) is -0.586. The summed E-state index contributed by atoms with van der Waals surface area (Å²) in [5.74, 6) is -1.03. The number of benzene rings is 1. The number of hydrogen-bond donors (Lipinski definition) is 1. The maximum atomic E-state index is 14.0. The first-order valence-electron chi connectivity index (χ1n) is 6.89. The fraction of sp³-hybridized carbons (Fsp3) is 0.467. The lowest BCUT2D eigenvalue weighted by Crippen LogP contribution is -2.41. The molecular weight excluding hydrogens is 373 g/mol. The van der Waals surface area contributed by atoms with Crippen LogP contribution in [-0.2, 0) is 9.31 Å². The Morgan fingerprint density at radius 2 is 1.64 bits per heavy atom. The van der Waals surface area contributed by atoms with E-state index in [-0.39, 0.29) is 11.3 Å². The molecule has 0 spiro atoms. The molecule has 0 N–H and O–H groups in total. The van der Waals surface area contributed by atoms with Gasteiger partial charge in [-0.2, -0.15) is 12.6 Å². The molecule has 1 aromatic carbocycles. The van der Waals surface area contributed by atoms with Crippen LogP contribution in [0.1, 0.15) is 33.3 Å². The van der Waals surface area contributed by atoms with Crippen molar-refractivity contribution in [2.45, 2.75) is 38.9 Å². The molecule has 1 aromatic rings. The van der Waals surface area contributed by atoms with Crippen LogP contribution in [0.4, 0.5) is 8.78 Å². The van der Waals surface area contributed by atoms with Crippen LogP contribution in [0.15, 0.2) is 22.1 Å². The van der Waals surface area contributed by atoms with Crippen molar-refractivity contribution in [3.05, 3.63) is 39.3 Å². The highest BCUT2D eigenvalue weighted by molar-refractivity contribution is 9.10. The third-order valence-corrected chi connectivity index (χ3v) is 4.94. The van der Waals surface area contributed by atoms with E-state index in [1.54, 1.807) is 0 Å². The zero-order valence-corrected chi connectivity index (χ0v) is 15.4. The van der Waals surface area contributed by atoms with Gasteiger partial charge in [-0.3, -0.25) is 0 Å². The maximum absolute atomic E-state index is 14.0. The van der Waals surface area contributed by atoms with Crippen LogP contribution in [0.5, 0.6) is 0 Å². The van der Waals surface area contributed by atoms with Crippen molar-refractivity contribution in [1.29, 1.82) is 0 Å². The minimum Gasteiger partial charge on any atom is -0.400 e. The molecule has 0 aliphatic carbocycles. The molecule has 0 unspecified atom stereocenters. The summed E-state index contributed by atoms with van der Waals surface area (Å²) in [7, 11) is -0.676. The highest BCUT2D eigenvalue weighted by Crippen LogP contribution is 2.39. The Kier molecular flexibility index (Phi) is 5.12. The first kappa shape index (κ1) is 18.0.